The van der Waals surface area contributed by atoms with Crippen LogP contribution in [0.1, 0.15) is 19.8 Å². The van der Waals surface area contributed by atoms with Gasteiger partial charge in [0.1, 0.15) is 11.0 Å². The highest BCUT2D eigenvalue weighted by molar-refractivity contribution is 6.41. The maximum Gasteiger partial charge on any atom is 0.305 e. The smallest absolute Gasteiger partial charge is 0.305 e. The van der Waals surface area contributed by atoms with E-state index in [4.69, 9.17) is 33.0 Å². The molecule has 0 bridgehead atoms. The molecular formula is C13H15Cl2NO5. The third-order valence-corrected chi connectivity index (χ3v) is 3.96. The predicted molar refractivity (Wildman–Crippen MR) is 79.0 cm³/mol. The molecule has 0 fully saturated rings. The van der Waals surface area contributed by atoms with Crippen LogP contribution >= 0.6 is 23.2 Å². The minimum absolute atomic E-state index is 0.0727. The largest absolute Gasteiger partial charge is 0.481 e. The van der Waals surface area contributed by atoms with Crippen LogP contribution in [0.5, 0.6) is 0 Å². The van der Waals surface area contributed by atoms with E-state index in [9.17, 15) is 14.9 Å². The zero-order valence-corrected chi connectivity index (χ0v) is 12.8. The Bertz CT molecular complexity index is 515. The normalized spacial score (nSPS) is 25.6. The maximum absolute atomic E-state index is 10.9. The van der Waals surface area contributed by atoms with Gasteiger partial charge in [-0.25, -0.2) is 0 Å². The van der Waals surface area contributed by atoms with Crippen molar-refractivity contribution >= 4 is 29.2 Å². The summed E-state index contributed by atoms with van der Waals surface area (Å²) >= 11 is 12.5. The average Bonchev–Trinajstić information content (AvgIpc) is 2.40. The molecule has 6 nitrogen and oxygen atoms in total. The van der Waals surface area contributed by atoms with Crippen LogP contribution in [0.15, 0.2) is 35.0 Å². The minimum atomic E-state index is -1.41. The van der Waals surface area contributed by atoms with E-state index in [-0.39, 0.29) is 30.2 Å². The number of halogens is 2. The van der Waals surface area contributed by atoms with Crippen LogP contribution in [0.3, 0.4) is 0 Å². The summed E-state index contributed by atoms with van der Waals surface area (Å²) < 4.78 is 5.41. The van der Waals surface area contributed by atoms with Gasteiger partial charge >= 0.3 is 5.97 Å². The fraction of sp³-hybridized carbons (Fsp3) is 0.462. The fourth-order valence-corrected chi connectivity index (χ4v) is 2.33. The Kier molecular flexibility index (Phi) is 6.39. The number of aliphatic carboxylic acids is 1. The third kappa shape index (κ3) is 4.56. The number of carboxylic acids is 1. The lowest BCUT2D eigenvalue weighted by Gasteiger charge is -2.32. The quantitative estimate of drug-likeness (QED) is 0.438. The molecule has 1 aliphatic rings. The van der Waals surface area contributed by atoms with Crippen LogP contribution in [0.4, 0.5) is 0 Å². The molecule has 21 heavy (non-hydrogen) atoms. The fourth-order valence-electron chi connectivity index (χ4n) is 1.77. The number of ether oxygens (including phenoxy) is 1. The molecule has 0 saturated carbocycles. The summed E-state index contributed by atoms with van der Waals surface area (Å²) in [4.78, 5) is 19.5. The molecular weight excluding hydrogens is 321 g/mol. The molecule has 0 aromatic heterocycles. The highest BCUT2D eigenvalue weighted by Gasteiger charge is 2.41. The molecule has 0 amide bonds. The zero-order chi connectivity index (χ0) is 16.0. The first-order valence-corrected chi connectivity index (χ1v) is 6.99. The van der Waals surface area contributed by atoms with Gasteiger partial charge in [-0.15, -0.1) is 11.6 Å². The molecule has 1 aliphatic carbocycles. The summed E-state index contributed by atoms with van der Waals surface area (Å²) in [6.45, 7) is 1.56. The number of alkyl halides is 1. The topological polar surface area (TPSA) is 89.7 Å². The number of nitro groups is 1. The van der Waals surface area contributed by atoms with E-state index < -0.39 is 21.9 Å². The predicted octanol–water partition coefficient (Wildman–Crippen LogP) is 3.09. The Balaban J connectivity index is 3.01. The molecule has 1 rings (SSSR count). The molecule has 0 aromatic carbocycles. The van der Waals surface area contributed by atoms with Gasteiger partial charge in [-0.05, 0) is 6.08 Å². The maximum atomic E-state index is 10.9. The number of allylic oxidation sites excluding steroid dienone is 3. The Morgan fingerprint density at radius 2 is 2.33 bits per heavy atom. The number of hydrogen-bond acceptors (Lipinski definition) is 4. The summed E-state index contributed by atoms with van der Waals surface area (Å²) in [5.74, 6) is -1.01. The molecule has 116 valence electrons. The van der Waals surface area contributed by atoms with E-state index in [1.54, 1.807) is 19.1 Å². The van der Waals surface area contributed by atoms with Crippen LogP contribution < -0.4 is 0 Å². The van der Waals surface area contributed by atoms with Gasteiger partial charge in [0.05, 0.1) is 18.0 Å². The molecule has 2 unspecified atom stereocenters. The monoisotopic (exact) mass is 335 g/mol. The van der Waals surface area contributed by atoms with E-state index in [2.05, 4.69) is 0 Å². The number of carbonyl (C=O) groups is 1. The molecule has 0 aromatic rings. The summed E-state index contributed by atoms with van der Waals surface area (Å²) in [5, 5.41) is 19.7. The average molecular weight is 336 g/mol. The van der Waals surface area contributed by atoms with Gasteiger partial charge in [0.25, 0.3) is 0 Å². The highest BCUT2D eigenvalue weighted by atomic mass is 35.5. The second-order valence-corrected chi connectivity index (χ2v) is 5.38. The molecule has 0 radical (unpaired) electrons. The van der Waals surface area contributed by atoms with Crippen LogP contribution in [0, 0.1) is 10.1 Å². The van der Waals surface area contributed by atoms with E-state index in [1.165, 1.54) is 12.2 Å². The Morgan fingerprint density at radius 3 is 2.86 bits per heavy atom. The van der Waals surface area contributed by atoms with Crippen LogP contribution in [-0.2, 0) is 9.53 Å². The summed E-state index contributed by atoms with van der Waals surface area (Å²) in [5.41, 5.74) is -0.0846. The number of carboxylic acid groups (broad SMARTS) is 1. The number of nitrogens with zero attached hydrogens (tertiary/aromatic N) is 1. The lowest BCUT2D eigenvalue weighted by Crippen LogP contribution is -2.39. The van der Waals surface area contributed by atoms with Gasteiger partial charge in [-0.2, -0.15) is 0 Å². The standard InChI is InChI=1S/C13H15Cl2NO5/c1-2-9(16(19)20)8-13(15)10(14)4-3-5-11(13)21-7-6-12(17)18/h3-5,8,11H,2,6-7H2,1H3,(H,17,18)/b9-8+. The first-order chi connectivity index (χ1) is 9.81. The highest BCUT2D eigenvalue weighted by Crippen LogP contribution is 2.39. The van der Waals surface area contributed by atoms with Gasteiger partial charge < -0.3 is 9.84 Å². The summed E-state index contributed by atoms with van der Waals surface area (Å²) in [6.07, 6.45) is 5.18. The first-order valence-electron chi connectivity index (χ1n) is 6.24. The van der Waals surface area contributed by atoms with Crippen LogP contribution in [0.25, 0.3) is 0 Å². The van der Waals surface area contributed by atoms with Crippen molar-refractivity contribution in [3.8, 4) is 0 Å². The summed E-state index contributed by atoms with van der Waals surface area (Å²) in [6, 6.07) is 0. The minimum Gasteiger partial charge on any atom is -0.481 e. The van der Waals surface area contributed by atoms with Gasteiger partial charge in [-0.3, -0.25) is 14.9 Å². The Hall–Kier alpha value is -1.37. The van der Waals surface area contributed by atoms with Crippen molar-refractivity contribution in [1.82, 2.24) is 0 Å². The van der Waals surface area contributed by atoms with Gasteiger partial charge in [0, 0.05) is 17.5 Å². The number of hydrogen-bond donors (Lipinski definition) is 1. The van der Waals surface area contributed by atoms with Gasteiger partial charge in [-0.1, -0.05) is 30.7 Å². The van der Waals surface area contributed by atoms with Crippen molar-refractivity contribution in [2.45, 2.75) is 30.7 Å². The molecule has 0 saturated heterocycles. The second-order valence-electron chi connectivity index (χ2n) is 4.35. The molecule has 0 aliphatic heterocycles. The van der Waals surface area contributed by atoms with Crippen molar-refractivity contribution < 1.29 is 19.6 Å². The summed E-state index contributed by atoms with van der Waals surface area (Å²) in [7, 11) is 0. The Labute approximate surface area is 131 Å². The first kappa shape index (κ1) is 17.7. The van der Waals surface area contributed by atoms with E-state index in [0.29, 0.717) is 0 Å². The molecule has 1 N–H and O–H groups in total. The molecule has 2 atom stereocenters. The lowest BCUT2D eigenvalue weighted by atomic mass is 9.94. The Morgan fingerprint density at radius 1 is 1.67 bits per heavy atom. The molecule has 0 heterocycles. The van der Waals surface area contributed by atoms with Crippen molar-refractivity contribution in [1.29, 1.82) is 0 Å². The van der Waals surface area contributed by atoms with Crippen molar-refractivity contribution in [3.05, 3.63) is 45.1 Å². The van der Waals surface area contributed by atoms with Crippen molar-refractivity contribution in [2.75, 3.05) is 6.61 Å². The molecule has 8 heteroatoms. The lowest BCUT2D eigenvalue weighted by molar-refractivity contribution is -0.428. The van der Waals surface area contributed by atoms with Crippen molar-refractivity contribution in [3.63, 3.8) is 0 Å². The van der Waals surface area contributed by atoms with Crippen molar-refractivity contribution in [2.24, 2.45) is 0 Å². The molecule has 0 spiro atoms. The van der Waals surface area contributed by atoms with E-state index in [0.717, 1.165) is 0 Å². The van der Waals surface area contributed by atoms with Gasteiger partial charge in [0.15, 0.2) is 0 Å². The third-order valence-electron chi connectivity index (χ3n) is 2.90. The van der Waals surface area contributed by atoms with Gasteiger partial charge in [0.2, 0.25) is 5.70 Å². The van der Waals surface area contributed by atoms with E-state index in [1.807, 2.05) is 0 Å². The SMILES string of the molecule is CC/C(=C\C1(Cl)C(Cl)=CC=CC1OCCC(=O)O)[N+](=O)[O-]. The van der Waals surface area contributed by atoms with Crippen LogP contribution in [-0.4, -0.2) is 33.6 Å². The zero-order valence-electron chi connectivity index (χ0n) is 11.3. The number of rotatable bonds is 7. The van der Waals surface area contributed by atoms with Crippen LogP contribution in [0.2, 0.25) is 0 Å². The second kappa shape index (κ2) is 7.59. The van der Waals surface area contributed by atoms with E-state index >= 15 is 0 Å².